The van der Waals surface area contributed by atoms with Crippen molar-refractivity contribution in [2.45, 2.75) is 70.6 Å². The lowest BCUT2D eigenvalue weighted by Crippen LogP contribution is -2.36. The molecule has 1 N–H and O–H groups in total. The molecule has 35 heavy (non-hydrogen) atoms. The molecule has 6 heteroatoms. The first-order chi connectivity index (χ1) is 16.6. The van der Waals surface area contributed by atoms with Gasteiger partial charge in [-0.3, -0.25) is 9.59 Å². The van der Waals surface area contributed by atoms with Gasteiger partial charge in [0.1, 0.15) is 17.6 Å². The molecule has 3 heterocycles. The topological polar surface area (TPSA) is 76.1 Å². The van der Waals surface area contributed by atoms with Crippen LogP contribution in [0.5, 0.6) is 5.75 Å². The number of benzene rings is 2. The monoisotopic (exact) mass is 475 g/mol. The summed E-state index contributed by atoms with van der Waals surface area (Å²) in [6.45, 7) is 9.41. The van der Waals surface area contributed by atoms with Gasteiger partial charge in [0.2, 0.25) is 0 Å². The van der Waals surface area contributed by atoms with Crippen molar-refractivity contribution in [3.05, 3.63) is 70.3 Å². The molecule has 184 valence electrons. The van der Waals surface area contributed by atoms with Gasteiger partial charge in [0.25, 0.3) is 11.7 Å². The summed E-state index contributed by atoms with van der Waals surface area (Å²) in [6.07, 6.45) is 2.49. The summed E-state index contributed by atoms with van der Waals surface area (Å²) >= 11 is 0. The van der Waals surface area contributed by atoms with Crippen LogP contribution in [0.3, 0.4) is 0 Å². The number of Topliss-reactive ketones (excluding diaryl/α,β-unsaturated/α-hetero) is 1. The van der Waals surface area contributed by atoms with Gasteiger partial charge in [-0.15, -0.1) is 0 Å². The Morgan fingerprint density at radius 2 is 1.86 bits per heavy atom. The maximum absolute atomic E-state index is 13.3. The Balaban J connectivity index is 1.59. The largest absolute Gasteiger partial charge is 0.507 e. The summed E-state index contributed by atoms with van der Waals surface area (Å²) in [5.41, 5.74) is 3.57. The van der Waals surface area contributed by atoms with Crippen molar-refractivity contribution >= 4 is 17.4 Å². The second kappa shape index (κ2) is 8.83. The number of carbonyl (C=O) groups is 2. The van der Waals surface area contributed by atoms with Gasteiger partial charge in [-0.2, -0.15) is 0 Å². The van der Waals surface area contributed by atoms with Crippen molar-refractivity contribution < 1.29 is 24.2 Å². The van der Waals surface area contributed by atoms with Crippen molar-refractivity contribution in [3.63, 3.8) is 0 Å². The van der Waals surface area contributed by atoms with Crippen molar-refractivity contribution in [2.24, 2.45) is 0 Å². The fourth-order valence-corrected chi connectivity index (χ4v) is 5.31. The Morgan fingerprint density at radius 1 is 1.11 bits per heavy atom. The Hall–Kier alpha value is -3.12. The summed E-state index contributed by atoms with van der Waals surface area (Å²) in [5.74, 6) is -0.604. The van der Waals surface area contributed by atoms with Gasteiger partial charge < -0.3 is 19.5 Å². The van der Waals surface area contributed by atoms with Crippen LogP contribution in [0.25, 0.3) is 5.76 Å². The van der Waals surface area contributed by atoms with Crippen LogP contribution in [0.2, 0.25) is 0 Å². The van der Waals surface area contributed by atoms with E-state index in [1.54, 1.807) is 11.0 Å². The highest BCUT2D eigenvalue weighted by Gasteiger charge is 2.47. The number of fused-ring (bicyclic) bond motifs is 1. The molecule has 6 nitrogen and oxygen atoms in total. The van der Waals surface area contributed by atoms with Crippen LogP contribution >= 0.6 is 0 Å². The molecule has 2 aromatic carbocycles. The van der Waals surface area contributed by atoms with E-state index < -0.39 is 17.7 Å². The average molecular weight is 476 g/mol. The summed E-state index contributed by atoms with van der Waals surface area (Å²) in [5, 5.41) is 11.4. The number of ketones is 1. The molecular formula is C29H33NO5. The minimum absolute atomic E-state index is 0.0261. The molecule has 0 bridgehead atoms. The third-order valence-electron chi connectivity index (χ3n) is 7.23. The second-order valence-electron chi connectivity index (χ2n) is 10.9. The van der Waals surface area contributed by atoms with Gasteiger partial charge in [-0.1, -0.05) is 45.0 Å². The maximum atomic E-state index is 13.3. The van der Waals surface area contributed by atoms with Crippen LogP contribution in [0, 0.1) is 0 Å². The molecule has 3 atom stereocenters. The molecule has 3 unspecified atom stereocenters. The first-order valence-corrected chi connectivity index (χ1v) is 12.4. The lowest BCUT2D eigenvalue weighted by molar-refractivity contribution is -0.140. The number of ether oxygens (including phenoxy) is 2. The predicted molar refractivity (Wildman–Crippen MR) is 133 cm³/mol. The van der Waals surface area contributed by atoms with E-state index in [1.165, 1.54) is 0 Å². The van der Waals surface area contributed by atoms with Crippen molar-refractivity contribution in [2.75, 3.05) is 13.2 Å². The fraction of sp³-hybridized carbons (Fsp3) is 0.448. The Labute approximate surface area is 206 Å². The van der Waals surface area contributed by atoms with Gasteiger partial charge in [0.15, 0.2) is 0 Å². The molecule has 2 saturated heterocycles. The molecule has 0 saturated carbocycles. The summed E-state index contributed by atoms with van der Waals surface area (Å²) in [6, 6.07) is 12.8. The number of likely N-dealkylation sites (tertiary alicyclic amines) is 1. The van der Waals surface area contributed by atoms with E-state index in [4.69, 9.17) is 9.47 Å². The third-order valence-corrected chi connectivity index (χ3v) is 7.23. The number of amides is 1. The predicted octanol–water partition coefficient (Wildman–Crippen LogP) is 4.91. The first-order valence-electron chi connectivity index (χ1n) is 12.4. The Kier molecular flexibility index (Phi) is 5.96. The molecule has 0 aromatic heterocycles. The lowest BCUT2D eigenvalue weighted by Gasteiger charge is -2.28. The van der Waals surface area contributed by atoms with E-state index in [0.29, 0.717) is 18.7 Å². The number of rotatable bonds is 4. The number of aliphatic hydroxyl groups excluding tert-OH is 1. The zero-order chi connectivity index (χ0) is 24.9. The van der Waals surface area contributed by atoms with Crippen molar-refractivity contribution in [1.29, 1.82) is 0 Å². The molecule has 0 spiro atoms. The number of hydrogen-bond donors (Lipinski definition) is 1. The second-order valence-corrected chi connectivity index (χ2v) is 10.9. The lowest BCUT2D eigenvalue weighted by atomic mass is 9.85. The summed E-state index contributed by atoms with van der Waals surface area (Å²) < 4.78 is 11.6. The van der Waals surface area contributed by atoms with E-state index in [1.807, 2.05) is 43.3 Å². The SMILES string of the molecule is CC1Cc2cc(/C(O)=C3/C(=O)C(=O)N(CC4CCCO4)C3c3ccc(C(C)(C)C)cc3)ccc2O1. The Bertz CT molecular complexity index is 1180. The molecule has 3 aliphatic rings. The van der Waals surface area contributed by atoms with Crippen molar-refractivity contribution in [1.82, 2.24) is 4.90 Å². The molecule has 2 aromatic rings. The third kappa shape index (κ3) is 4.36. The van der Waals surface area contributed by atoms with Gasteiger partial charge >= 0.3 is 0 Å². The standard InChI is InChI=1S/C29H33NO5/c1-17-14-20-15-19(9-12-23(20)35-17)26(31)24-25(18-7-10-21(11-8-18)29(2,3)4)30(28(33)27(24)32)16-22-6-5-13-34-22/h7-12,15,17,22,25,31H,5-6,13-14,16H2,1-4H3/b26-24-. The fourth-order valence-electron chi connectivity index (χ4n) is 5.31. The summed E-state index contributed by atoms with van der Waals surface area (Å²) in [7, 11) is 0. The van der Waals surface area contributed by atoms with Crippen LogP contribution < -0.4 is 4.74 Å². The quantitative estimate of drug-likeness (QED) is 0.386. The van der Waals surface area contributed by atoms with Crippen LogP contribution in [0.4, 0.5) is 0 Å². The molecule has 0 aliphatic carbocycles. The van der Waals surface area contributed by atoms with Crippen LogP contribution in [0.1, 0.15) is 68.8 Å². The first kappa shape index (κ1) is 23.6. The highest BCUT2D eigenvalue weighted by atomic mass is 16.5. The van der Waals surface area contributed by atoms with Gasteiger partial charge in [0, 0.05) is 25.1 Å². The molecule has 3 aliphatic heterocycles. The zero-order valence-corrected chi connectivity index (χ0v) is 20.8. The normalized spacial score (nSPS) is 25.7. The van der Waals surface area contributed by atoms with E-state index in [9.17, 15) is 14.7 Å². The molecular weight excluding hydrogens is 442 g/mol. The van der Waals surface area contributed by atoms with Gasteiger partial charge in [-0.05, 0) is 60.1 Å². The highest BCUT2D eigenvalue weighted by Crippen LogP contribution is 2.41. The van der Waals surface area contributed by atoms with Gasteiger partial charge in [-0.25, -0.2) is 0 Å². The molecule has 0 radical (unpaired) electrons. The molecule has 1 amide bonds. The number of carbonyl (C=O) groups excluding carboxylic acids is 2. The van der Waals surface area contributed by atoms with E-state index >= 15 is 0 Å². The van der Waals surface area contributed by atoms with E-state index in [2.05, 4.69) is 20.8 Å². The van der Waals surface area contributed by atoms with Crippen LogP contribution in [0.15, 0.2) is 48.0 Å². The van der Waals surface area contributed by atoms with Gasteiger partial charge in [0.05, 0.1) is 17.7 Å². The molecule has 5 rings (SSSR count). The number of nitrogens with zero attached hydrogens (tertiary/aromatic N) is 1. The summed E-state index contributed by atoms with van der Waals surface area (Å²) in [4.78, 5) is 28.1. The number of aliphatic hydroxyl groups is 1. The number of hydrogen-bond acceptors (Lipinski definition) is 5. The smallest absolute Gasteiger partial charge is 0.295 e. The van der Waals surface area contributed by atoms with E-state index in [0.717, 1.165) is 41.7 Å². The van der Waals surface area contributed by atoms with Crippen molar-refractivity contribution in [3.8, 4) is 5.75 Å². The minimum Gasteiger partial charge on any atom is -0.507 e. The van der Waals surface area contributed by atoms with E-state index in [-0.39, 0.29) is 29.0 Å². The minimum atomic E-state index is -0.670. The maximum Gasteiger partial charge on any atom is 0.295 e. The molecule has 2 fully saturated rings. The zero-order valence-electron chi connectivity index (χ0n) is 20.8. The highest BCUT2D eigenvalue weighted by molar-refractivity contribution is 6.46. The average Bonchev–Trinajstić information content (AvgIpc) is 3.52. The van der Waals surface area contributed by atoms with Crippen LogP contribution in [-0.4, -0.2) is 47.1 Å². The Morgan fingerprint density at radius 3 is 2.51 bits per heavy atom. The van der Waals surface area contributed by atoms with Crippen LogP contribution in [-0.2, 0) is 26.2 Å².